The van der Waals surface area contributed by atoms with Crippen molar-refractivity contribution in [1.82, 2.24) is 4.98 Å². The Kier molecular flexibility index (Phi) is 4.09. The lowest BCUT2D eigenvalue weighted by Gasteiger charge is -2.19. The third kappa shape index (κ3) is 2.82. The van der Waals surface area contributed by atoms with Crippen molar-refractivity contribution in [3.05, 3.63) is 48.3 Å². The number of nitrogens with zero attached hydrogens (tertiary/aromatic N) is 1. The highest BCUT2D eigenvalue weighted by molar-refractivity contribution is 7.67. The van der Waals surface area contributed by atoms with E-state index in [1.54, 1.807) is 30.3 Å². The van der Waals surface area contributed by atoms with Gasteiger partial charge in [-0.3, -0.25) is 4.57 Å². The molecule has 0 aliphatic carbocycles. The topological polar surface area (TPSA) is 52.3 Å². The summed E-state index contributed by atoms with van der Waals surface area (Å²) in [5.41, 5.74) is 1.73. The van der Waals surface area contributed by atoms with Gasteiger partial charge in [0.15, 0.2) is 5.58 Å². The molecule has 3 rings (SSSR count). The van der Waals surface area contributed by atoms with Gasteiger partial charge in [-0.25, -0.2) is 9.37 Å². The number of hydrogen-bond donors (Lipinski definition) is 0. The molecule has 0 radical (unpaired) electrons. The second-order valence-electron chi connectivity index (χ2n) is 5.55. The van der Waals surface area contributed by atoms with Crippen molar-refractivity contribution < 1.29 is 17.9 Å². The van der Waals surface area contributed by atoms with E-state index < -0.39 is 7.37 Å². The summed E-state index contributed by atoms with van der Waals surface area (Å²) in [5.74, 6) is 0.0825. The van der Waals surface area contributed by atoms with E-state index in [1.165, 1.54) is 19.2 Å². The standard InChI is InChI=1S/C17H17FNO3P/c1-11(2)23(20,21-3)14-8-9-15-16(10-14)22-17(19-15)12-4-6-13(18)7-5-12/h4-11H,1-3H3. The molecular formula is C17H17FNO3P. The van der Waals surface area contributed by atoms with Crippen molar-refractivity contribution in [2.75, 3.05) is 7.11 Å². The van der Waals surface area contributed by atoms with Crippen molar-refractivity contribution in [1.29, 1.82) is 0 Å². The van der Waals surface area contributed by atoms with Gasteiger partial charge in [-0.1, -0.05) is 13.8 Å². The summed E-state index contributed by atoms with van der Waals surface area (Å²) in [6.45, 7) is 3.72. The molecule has 0 fully saturated rings. The lowest BCUT2D eigenvalue weighted by molar-refractivity contribution is 0.396. The molecule has 4 nitrogen and oxygen atoms in total. The first-order valence-electron chi connectivity index (χ1n) is 7.26. The van der Waals surface area contributed by atoms with Gasteiger partial charge < -0.3 is 8.94 Å². The SMILES string of the molecule is COP(=O)(c1ccc2nc(-c3ccc(F)cc3)oc2c1)C(C)C. The quantitative estimate of drug-likeness (QED) is 0.655. The van der Waals surface area contributed by atoms with Crippen LogP contribution in [0.5, 0.6) is 0 Å². The average molecular weight is 333 g/mol. The molecule has 1 heterocycles. The second kappa shape index (κ2) is 5.91. The first-order chi connectivity index (χ1) is 10.9. The Labute approximate surface area is 133 Å². The molecular weight excluding hydrogens is 316 g/mol. The van der Waals surface area contributed by atoms with Crippen molar-refractivity contribution in [2.24, 2.45) is 0 Å². The smallest absolute Gasteiger partial charge is 0.234 e. The van der Waals surface area contributed by atoms with Crippen LogP contribution in [0.4, 0.5) is 4.39 Å². The number of hydrogen-bond acceptors (Lipinski definition) is 4. The Morgan fingerprint density at radius 2 is 1.87 bits per heavy atom. The molecule has 0 spiro atoms. The van der Waals surface area contributed by atoms with Gasteiger partial charge in [-0.15, -0.1) is 0 Å². The van der Waals surface area contributed by atoms with Crippen LogP contribution < -0.4 is 5.30 Å². The van der Waals surface area contributed by atoms with Crippen molar-refractivity contribution in [3.63, 3.8) is 0 Å². The van der Waals surface area contributed by atoms with Gasteiger partial charge in [-0.2, -0.15) is 0 Å². The summed E-state index contributed by atoms with van der Waals surface area (Å²) >= 11 is 0. The largest absolute Gasteiger partial charge is 0.436 e. The molecule has 0 amide bonds. The first kappa shape index (κ1) is 15.9. The first-order valence-corrected chi connectivity index (χ1v) is 8.96. The maximum absolute atomic E-state index is 13.0. The van der Waals surface area contributed by atoms with Crippen LogP contribution in [0.3, 0.4) is 0 Å². The predicted octanol–water partition coefficient (Wildman–Crippen LogP) is 4.59. The van der Waals surface area contributed by atoms with Gasteiger partial charge >= 0.3 is 0 Å². The van der Waals surface area contributed by atoms with Crippen molar-refractivity contribution in [3.8, 4) is 11.5 Å². The van der Waals surface area contributed by atoms with Crippen molar-refractivity contribution >= 4 is 23.8 Å². The number of halogens is 1. The van der Waals surface area contributed by atoms with Gasteiger partial charge in [0.25, 0.3) is 0 Å². The molecule has 120 valence electrons. The van der Waals surface area contributed by atoms with Crippen LogP contribution in [0, 0.1) is 5.82 Å². The molecule has 0 saturated carbocycles. The number of fused-ring (bicyclic) bond motifs is 1. The number of rotatable bonds is 4. The summed E-state index contributed by atoms with van der Waals surface area (Å²) < 4.78 is 37.0. The summed E-state index contributed by atoms with van der Waals surface area (Å²) in [5, 5.41) is 0.601. The molecule has 3 aromatic rings. The fourth-order valence-electron chi connectivity index (χ4n) is 2.44. The summed E-state index contributed by atoms with van der Waals surface area (Å²) in [6.07, 6.45) is 0. The highest BCUT2D eigenvalue weighted by Gasteiger charge is 2.29. The molecule has 1 aromatic heterocycles. The van der Waals surface area contributed by atoms with E-state index in [-0.39, 0.29) is 11.5 Å². The van der Waals surface area contributed by atoms with Crippen LogP contribution in [-0.4, -0.2) is 17.8 Å². The minimum absolute atomic E-state index is 0.135. The maximum atomic E-state index is 13.0. The Bertz CT molecular complexity index is 886. The number of benzene rings is 2. The zero-order valence-corrected chi connectivity index (χ0v) is 14.0. The van der Waals surface area contributed by atoms with E-state index in [9.17, 15) is 8.96 Å². The third-order valence-electron chi connectivity index (χ3n) is 3.77. The summed E-state index contributed by atoms with van der Waals surface area (Å²) in [7, 11) is -1.48. The van der Waals surface area contributed by atoms with E-state index in [0.717, 1.165) is 0 Å². The lowest BCUT2D eigenvalue weighted by Crippen LogP contribution is -2.13. The molecule has 1 atom stereocenters. The Hall–Kier alpha value is -1.97. The molecule has 23 heavy (non-hydrogen) atoms. The molecule has 0 aliphatic rings. The molecule has 0 N–H and O–H groups in total. The Morgan fingerprint density at radius 3 is 2.48 bits per heavy atom. The fourth-order valence-corrected chi connectivity index (χ4v) is 4.25. The normalized spacial score (nSPS) is 14.3. The minimum atomic E-state index is -2.94. The average Bonchev–Trinajstić information content (AvgIpc) is 2.97. The lowest BCUT2D eigenvalue weighted by atomic mass is 10.2. The van der Waals surface area contributed by atoms with Crippen LogP contribution in [0.25, 0.3) is 22.6 Å². The molecule has 1 unspecified atom stereocenters. The molecule has 0 saturated heterocycles. The van der Waals surface area contributed by atoms with Crippen molar-refractivity contribution in [2.45, 2.75) is 19.5 Å². The van der Waals surface area contributed by atoms with E-state index in [1.807, 2.05) is 13.8 Å². The molecule has 2 aromatic carbocycles. The van der Waals surface area contributed by atoms with Crippen LogP contribution in [0.2, 0.25) is 0 Å². The molecule has 0 aliphatic heterocycles. The summed E-state index contributed by atoms with van der Waals surface area (Å²) in [6, 6.07) is 11.1. The van der Waals surface area contributed by atoms with Gasteiger partial charge in [-0.05, 0) is 42.5 Å². The highest BCUT2D eigenvalue weighted by atomic mass is 31.2. The van der Waals surface area contributed by atoms with E-state index in [2.05, 4.69) is 4.98 Å². The fraction of sp³-hybridized carbons (Fsp3) is 0.235. The van der Waals surface area contributed by atoms with Gasteiger partial charge in [0.1, 0.15) is 11.3 Å². The number of oxazole rings is 1. The van der Waals surface area contributed by atoms with Gasteiger partial charge in [0.05, 0.1) is 0 Å². The Balaban J connectivity index is 2.08. The van der Waals surface area contributed by atoms with Crippen LogP contribution in [0.15, 0.2) is 46.9 Å². The monoisotopic (exact) mass is 333 g/mol. The zero-order valence-electron chi connectivity index (χ0n) is 13.1. The molecule has 0 bridgehead atoms. The highest BCUT2D eigenvalue weighted by Crippen LogP contribution is 2.50. The van der Waals surface area contributed by atoms with E-state index >= 15 is 0 Å². The maximum Gasteiger partial charge on any atom is 0.234 e. The van der Waals surface area contributed by atoms with Crippen LogP contribution in [-0.2, 0) is 9.09 Å². The van der Waals surface area contributed by atoms with E-state index in [0.29, 0.717) is 27.9 Å². The predicted molar refractivity (Wildman–Crippen MR) is 88.8 cm³/mol. The minimum Gasteiger partial charge on any atom is -0.436 e. The zero-order chi connectivity index (χ0) is 16.6. The van der Waals surface area contributed by atoms with Crippen LogP contribution >= 0.6 is 7.37 Å². The summed E-state index contributed by atoms with van der Waals surface area (Å²) in [4.78, 5) is 4.39. The van der Waals surface area contributed by atoms with Crippen LogP contribution in [0.1, 0.15) is 13.8 Å². The number of aromatic nitrogens is 1. The molecule has 6 heteroatoms. The Morgan fingerprint density at radius 1 is 1.17 bits per heavy atom. The van der Waals surface area contributed by atoms with Gasteiger partial charge in [0.2, 0.25) is 13.3 Å². The second-order valence-corrected chi connectivity index (χ2v) is 8.66. The van der Waals surface area contributed by atoms with Gasteiger partial charge in [0, 0.05) is 23.6 Å². The van der Waals surface area contributed by atoms with E-state index in [4.69, 9.17) is 8.94 Å². The third-order valence-corrected chi connectivity index (χ3v) is 6.67.